The monoisotopic (exact) mass is 169 g/mol. The van der Waals surface area contributed by atoms with Crippen LogP contribution in [0.5, 0.6) is 0 Å². The number of rotatable bonds is 2. The number of hydrogen-bond donors (Lipinski definition) is 2. The number of carboxylic acid groups (broad SMARTS) is 1. The van der Waals surface area contributed by atoms with Gasteiger partial charge in [-0.05, 0) is 12.5 Å². The van der Waals surface area contributed by atoms with Crippen LogP contribution < -0.4 is 5.73 Å². The van der Waals surface area contributed by atoms with Crippen LogP contribution in [0.4, 0.5) is 0 Å². The Morgan fingerprint density at radius 3 is 2.75 bits per heavy atom. The summed E-state index contributed by atoms with van der Waals surface area (Å²) in [5.74, 6) is -1.04. The van der Waals surface area contributed by atoms with Crippen LogP contribution in [0.25, 0.3) is 0 Å². The second-order valence-electron chi connectivity index (χ2n) is 2.65. The van der Waals surface area contributed by atoms with Crippen molar-refractivity contribution < 1.29 is 9.90 Å². The molecule has 0 aromatic carbocycles. The van der Waals surface area contributed by atoms with E-state index in [0.717, 1.165) is 5.56 Å². The lowest BCUT2D eigenvalue weighted by Crippen LogP contribution is -2.24. The van der Waals surface area contributed by atoms with Gasteiger partial charge in [-0.3, -0.25) is 9.48 Å². The number of carbonyl (C=O) groups is 1. The van der Waals surface area contributed by atoms with Crippen LogP contribution in [0.1, 0.15) is 17.3 Å². The van der Waals surface area contributed by atoms with Gasteiger partial charge >= 0.3 is 5.97 Å². The Balaban J connectivity index is 3.08. The maximum absolute atomic E-state index is 10.5. The van der Waals surface area contributed by atoms with E-state index < -0.39 is 12.0 Å². The third-order valence-electron chi connectivity index (χ3n) is 1.74. The topological polar surface area (TPSA) is 81.1 Å². The first-order chi connectivity index (χ1) is 5.54. The molecule has 5 nitrogen and oxygen atoms in total. The van der Waals surface area contributed by atoms with E-state index in [0.29, 0.717) is 5.69 Å². The highest BCUT2D eigenvalue weighted by atomic mass is 16.4. The number of aryl methyl sites for hydroxylation is 2. The van der Waals surface area contributed by atoms with Gasteiger partial charge in [-0.25, -0.2) is 0 Å². The van der Waals surface area contributed by atoms with E-state index in [4.69, 9.17) is 10.8 Å². The van der Waals surface area contributed by atoms with Crippen molar-refractivity contribution in [3.63, 3.8) is 0 Å². The molecule has 0 saturated carbocycles. The average Bonchev–Trinajstić information content (AvgIpc) is 2.30. The first-order valence-corrected chi connectivity index (χ1v) is 3.51. The molecule has 3 N–H and O–H groups in total. The molecule has 1 heterocycles. The Kier molecular flexibility index (Phi) is 2.14. The molecule has 0 spiro atoms. The summed E-state index contributed by atoms with van der Waals surface area (Å²) in [6.45, 7) is 1.78. The first-order valence-electron chi connectivity index (χ1n) is 3.51. The van der Waals surface area contributed by atoms with Crippen molar-refractivity contribution in [1.82, 2.24) is 9.78 Å². The molecule has 5 heteroatoms. The summed E-state index contributed by atoms with van der Waals surface area (Å²) >= 11 is 0. The highest BCUT2D eigenvalue weighted by molar-refractivity contribution is 5.75. The number of carboxylic acids is 1. The minimum absolute atomic E-state index is 0.544. The van der Waals surface area contributed by atoms with Crippen LogP contribution in [0.15, 0.2) is 6.20 Å². The van der Waals surface area contributed by atoms with E-state index in [2.05, 4.69) is 5.10 Å². The zero-order valence-corrected chi connectivity index (χ0v) is 6.98. The van der Waals surface area contributed by atoms with Crippen LogP contribution in [0.2, 0.25) is 0 Å². The zero-order chi connectivity index (χ0) is 9.30. The van der Waals surface area contributed by atoms with E-state index in [9.17, 15) is 4.79 Å². The van der Waals surface area contributed by atoms with Crippen molar-refractivity contribution in [2.24, 2.45) is 12.8 Å². The molecule has 1 aromatic heterocycles. The Labute approximate surface area is 69.8 Å². The predicted octanol–water partition coefficient (Wildman–Crippen LogP) is -0.187. The van der Waals surface area contributed by atoms with Crippen LogP contribution in [0.3, 0.4) is 0 Å². The normalized spacial score (nSPS) is 12.9. The fourth-order valence-corrected chi connectivity index (χ4v) is 1.12. The molecule has 0 bridgehead atoms. The molecular formula is C7H11N3O2. The number of aliphatic carboxylic acids is 1. The lowest BCUT2D eigenvalue weighted by molar-refractivity contribution is -0.138. The number of hydrogen-bond acceptors (Lipinski definition) is 3. The Hall–Kier alpha value is -1.36. The van der Waals surface area contributed by atoms with Gasteiger partial charge in [0.2, 0.25) is 0 Å². The third-order valence-corrected chi connectivity index (χ3v) is 1.74. The Bertz CT molecular complexity index is 286. The van der Waals surface area contributed by atoms with Gasteiger partial charge in [0.25, 0.3) is 0 Å². The maximum Gasteiger partial charge on any atom is 0.326 e. The molecule has 1 unspecified atom stereocenters. The van der Waals surface area contributed by atoms with Gasteiger partial charge in [0, 0.05) is 7.05 Å². The summed E-state index contributed by atoms with van der Waals surface area (Å²) in [6.07, 6.45) is 1.60. The van der Waals surface area contributed by atoms with Gasteiger partial charge in [0.05, 0.1) is 11.9 Å². The molecule has 0 radical (unpaired) electrons. The van der Waals surface area contributed by atoms with Crippen LogP contribution >= 0.6 is 0 Å². The molecule has 0 aliphatic carbocycles. The lowest BCUT2D eigenvalue weighted by Gasteiger charge is -2.07. The van der Waals surface area contributed by atoms with Crippen molar-refractivity contribution in [2.45, 2.75) is 13.0 Å². The minimum atomic E-state index is -1.04. The van der Waals surface area contributed by atoms with Gasteiger partial charge in [0.1, 0.15) is 6.04 Å². The summed E-state index contributed by atoms with van der Waals surface area (Å²) < 4.78 is 1.48. The fourth-order valence-electron chi connectivity index (χ4n) is 1.12. The van der Waals surface area contributed by atoms with E-state index in [1.165, 1.54) is 4.68 Å². The lowest BCUT2D eigenvalue weighted by atomic mass is 10.1. The summed E-state index contributed by atoms with van der Waals surface area (Å²) in [6, 6.07) is -0.988. The van der Waals surface area contributed by atoms with Crippen molar-refractivity contribution in [3.8, 4) is 0 Å². The summed E-state index contributed by atoms with van der Waals surface area (Å²) in [7, 11) is 1.67. The largest absolute Gasteiger partial charge is 0.480 e. The molecule has 0 aliphatic rings. The zero-order valence-electron chi connectivity index (χ0n) is 6.98. The van der Waals surface area contributed by atoms with E-state index in [1.54, 1.807) is 20.2 Å². The van der Waals surface area contributed by atoms with Gasteiger partial charge in [0.15, 0.2) is 0 Å². The summed E-state index contributed by atoms with van der Waals surface area (Å²) in [5.41, 5.74) is 6.77. The minimum Gasteiger partial charge on any atom is -0.480 e. The van der Waals surface area contributed by atoms with Crippen LogP contribution in [-0.2, 0) is 11.8 Å². The average molecular weight is 169 g/mol. The molecular weight excluding hydrogens is 158 g/mol. The molecule has 1 atom stereocenters. The molecule has 0 saturated heterocycles. The molecule has 0 fully saturated rings. The maximum atomic E-state index is 10.5. The second kappa shape index (κ2) is 2.94. The number of nitrogens with zero attached hydrogens (tertiary/aromatic N) is 2. The van der Waals surface area contributed by atoms with Crippen molar-refractivity contribution in [2.75, 3.05) is 0 Å². The SMILES string of the molecule is Cc1cnn(C)c1C(N)C(=O)O. The van der Waals surface area contributed by atoms with Crippen LogP contribution in [0, 0.1) is 6.92 Å². The quantitative estimate of drug-likeness (QED) is 0.643. The van der Waals surface area contributed by atoms with Crippen molar-refractivity contribution >= 4 is 5.97 Å². The summed E-state index contributed by atoms with van der Waals surface area (Å²) in [4.78, 5) is 10.5. The van der Waals surface area contributed by atoms with Gasteiger partial charge in [-0.15, -0.1) is 0 Å². The summed E-state index contributed by atoms with van der Waals surface area (Å²) in [5, 5.41) is 12.5. The highest BCUT2D eigenvalue weighted by Gasteiger charge is 2.19. The predicted molar refractivity (Wildman–Crippen MR) is 42.5 cm³/mol. The smallest absolute Gasteiger partial charge is 0.326 e. The molecule has 1 aromatic rings. The first kappa shape index (κ1) is 8.73. The van der Waals surface area contributed by atoms with E-state index in [1.807, 2.05) is 0 Å². The fraction of sp³-hybridized carbons (Fsp3) is 0.429. The van der Waals surface area contributed by atoms with E-state index in [-0.39, 0.29) is 0 Å². The Morgan fingerprint density at radius 1 is 1.83 bits per heavy atom. The molecule has 1 rings (SSSR count). The van der Waals surface area contributed by atoms with E-state index >= 15 is 0 Å². The van der Waals surface area contributed by atoms with Crippen molar-refractivity contribution in [3.05, 3.63) is 17.5 Å². The highest BCUT2D eigenvalue weighted by Crippen LogP contribution is 2.13. The van der Waals surface area contributed by atoms with Crippen molar-refractivity contribution in [1.29, 1.82) is 0 Å². The Morgan fingerprint density at radius 2 is 2.42 bits per heavy atom. The standard InChI is InChI=1S/C7H11N3O2/c1-4-3-9-10(2)6(4)5(8)7(11)12/h3,5H,8H2,1-2H3,(H,11,12). The number of nitrogens with two attached hydrogens (primary N) is 1. The molecule has 0 aliphatic heterocycles. The molecule has 66 valence electrons. The molecule has 0 amide bonds. The molecule has 12 heavy (non-hydrogen) atoms. The van der Waals surface area contributed by atoms with Crippen LogP contribution in [-0.4, -0.2) is 20.9 Å². The van der Waals surface area contributed by atoms with Gasteiger partial charge < -0.3 is 10.8 Å². The van der Waals surface area contributed by atoms with Gasteiger partial charge in [-0.2, -0.15) is 5.10 Å². The second-order valence-corrected chi connectivity index (χ2v) is 2.65. The van der Waals surface area contributed by atoms with Gasteiger partial charge in [-0.1, -0.05) is 0 Å². The third kappa shape index (κ3) is 1.31. The number of aromatic nitrogens is 2.